The normalized spacial score (nSPS) is 24.2. The predicted molar refractivity (Wildman–Crippen MR) is 47.5 cm³/mol. The van der Waals surface area contributed by atoms with Gasteiger partial charge in [-0.3, -0.25) is 0 Å². The molecular weight excluding hydrogens is 136 g/mol. The van der Waals surface area contributed by atoms with Crippen molar-refractivity contribution in [3.63, 3.8) is 0 Å². The van der Waals surface area contributed by atoms with Crippen molar-refractivity contribution in [1.29, 1.82) is 0 Å². The summed E-state index contributed by atoms with van der Waals surface area (Å²) in [7, 11) is 1.74. The van der Waals surface area contributed by atoms with Gasteiger partial charge < -0.3 is 4.74 Å². The van der Waals surface area contributed by atoms with Crippen molar-refractivity contribution in [2.75, 3.05) is 7.11 Å². The molecule has 1 atom stereocenters. The third kappa shape index (κ3) is 2.35. The molecule has 0 saturated carbocycles. The molecule has 0 amide bonds. The Hall–Kier alpha value is -0.820. The molecule has 0 aromatic rings. The minimum Gasteiger partial charge on any atom is -0.377 e. The first-order valence-corrected chi connectivity index (χ1v) is 3.90. The quantitative estimate of drug-likeness (QED) is 0.587. The number of allylic oxidation sites excluding steroid dienone is 4. The summed E-state index contributed by atoms with van der Waals surface area (Å²) in [5.74, 6) is 0. The summed E-state index contributed by atoms with van der Waals surface area (Å²) in [6.07, 6.45) is 11.8. The van der Waals surface area contributed by atoms with Gasteiger partial charge >= 0.3 is 0 Å². The van der Waals surface area contributed by atoms with E-state index < -0.39 is 0 Å². The van der Waals surface area contributed by atoms with E-state index in [1.807, 2.05) is 13.0 Å². The van der Waals surface area contributed by atoms with E-state index in [9.17, 15) is 0 Å². The monoisotopic (exact) mass is 150 g/mol. The summed E-state index contributed by atoms with van der Waals surface area (Å²) in [5.41, 5.74) is 1.28. The maximum absolute atomic E-state index is 5.16. The van der Waals surface area contributed by atoms with Crippen LogP contribution in [0.15, 0.2) is 36.0 Å². The van der Waals surface area contributed by atoms with Crippen LogP contribution < -0.4 is 0 Å². The van der Waals surface area contributed by atoms with Crippen LogP contribution in [0.4, 0.5) is 0 Å². The standard InChI is InChI=1S/C10H14O/c1-3-4-9-5-7-10(11-2)8-6-9/h3-7,10H,8H2,1-2H3/b4-3+. The molecule has 0 bridgehead atoms. The van der Waals surface area contributed by atoms with Crippen molar-refractivity contribution < 1.29 is 4.74 Å². The number of methoxy groups -OCH3 is 1. The molecule has 0 spiro atoms. The van der Waals surface area contributed by atoms with E-state index in [0.717, 1.165) is 6.42 Å². The van der Waals surface area contributed by atoms with Gasteiger partial charge in [0.05, 0.1) is 6.10 Å². The number of hydrogen-bond acceptors (Lipinski definition) is 1. The van der Waals surface area contributed by atoms with Gasteiger partial charge in [-0.25, -0.2) is 0 Å². The molecule has 0 radical (unpaired) electrons. The molecule has 0 fully saturated rings. The highest BCUT2D eigenvalue weighted by molar-refractivity contribution is 5.33. The van der Waals surface area contributed by atoms with Gasteiger partial charge in [0.2, 0.25) is 0 Å². The first kappa shape index (κ1) is 8.28. The fourth-order valence-corrected chi connectivity index (χ4v) is 1.11. The highest BCUT2D eigenvalue weighted by Crippen LogP contribution is 2.13. The van der Waals surface area contributed by atoms with Crippen LogP contribution in [0.3, 0.4) is 0 Å². The van der Waals surface area contributed by atoms with Crippen LogP contribution in [-0.4, -0.2) is 13.2 Å². The van der Waals surface area contributed by atoms with Crippen LogP contribution in [-0.2, 0) is 4.74 Å². The number of rotatable bonds is 2. The van der Waals surface area contributed by atoms with Gasteiger partial charge in [-0.05, 0) is 18.9 Å². The summed E-state index contributed by atoms with van der Waals surface area (Å²) >= 11 is 0. The third-order valence-corrected chi connectivity index (χ3v) is 1.75. The summed E-state index contributed by atoms with van der Waals surface area (Å²) in [4.78, 5) is 0. The molecule has 1 aliphatic carbocycles. The highest BCUT2D eigenvalue weighted by atomic mass is 16.5. The van der Waals surface area contributed by atoms with E-state index in [4.69, 9.17) is 4.74 Å². The molecule has 0 heterocycles. The van der Waals surface area contributed by atoms with Crippen molar-refractivity contribution in [2.24, 2.45) is 0 Å². The van der Waals surface area contributed by atoms with E-state index in [2.05, 4.69) is 24.3 Å². The van der Waals surface area contributed by atoms with Gasteiger partial charge in [-0.1, -0.05) is 30.4 Å². The molecule has 0 aromatic heterocycles. The van der Waals surface area contributed by atoms with Crippen molar-refractivity contribution in [1.82, 2.24) is 0 Å². The summed E-state index contributed by atoms with van der Waals surface area (Å²) in [5, 5.41) is 0. The Morgan fingerprint density at radius 3 is 2.91 bits per heavy atom. The van der Waals surface area contributed by atoms with Crippen LogP contribution >= 0.6 is 0 Å². The lowest BCUT2D eigenvalue weighted by Crippen LogP contribution is -2.07. The van der Waals surface area contributed by atoms with Crippen molar-refractivity contribution in [2.45, 2.75) is 19.4 Å². The van der Waals surface area contributed by atoms with Gasteiger partial charge in [0.25, 0.3) is 0 Å². The first-order chi connectivity index (χ1) is 5.36. The second-order valence-corrected chi connectivity index (χ2v) is 2.57. The van der Waals surface area contributed by atoms with Crippen LogP contribution in [0.2, 0.25) is 0 Å². The molecule has 1 nitrogen and oxygen atoms in total. The summed E-state index contributed by atoms with van der Waals surface area (Å²) in [6, 6.07) is 0. The Kier molecular flexibility index (Phi) is 3.12. The van der Waals surface area contributed by atoms with E-state index in [1.165, 1.54) is 5.57 Å². The molecule has 1 heteroatoms. The second-order valence-electron chi connectivity index (χ2n) is 2.57. The van der Waals surface area contributed by atoms with Gasteiger partial charge in [-0.2, -0.15) is 0 Å². The van der Waals surface area contributed by atoms with Gasteiger partial charge in [0.1, 0.15) is 0 Å². The van der Waals surface area contributed by atoms with E-state index >= 15 is 0 Å². The molecular formula is C10H14O. The Bertz CT molecular complexity index is 199. The lowest BCUT2D eigenvalue weighted by atomic mass is 10.0. The summed E-state index contributed by atoms with van der Waals surface area (Å²) in [6.45, 7) is 2.02. The number of ether oxygens (including phenoxy) is 1. The summed E-state index contributed by atoms with van der Waals surface area (Å²) < 4.78 is 5.16. The Labute approximate surface area is 68.1 Å². The van der Waals surface area contributed by atoms with Gasteiger partial charge in [0.15, 0.2) is 0 Å². The molecule has 60 valence electrons. The van der Waals surface area contributed by atoms with E-state index in [-0.39, 0.29) is 6.10 Å². The lowest BCUT2D eigenvalue weighted by Gasteiger charge is -2.12. The molecule has 1 rings (SSSR count). The highest BCUT2D eigenvalue weighted by Gasteiger charge is 2.04. The predicted octanol–water partition coefficient (Wildman–Crippen LogP) is 2.46. The van der Waals surface area contributed by atoms with Crippen LogP contribution in [0.5, 0.6) is 0 Å². The average Bonchev–Trinajstić information content (AvgIpc) is 2.07. The van der Waals surface area contributed by atoms with Crippen LogP contribution in [0, 0.1) is 0 Å². The SMILES string of the molecule is C/C=C/C1=CCC(OC)C=C1. The lowest BCUT2D eigenvalue weighted by molar-refractivity contribution is 0.142. The Morgan fingerprint density at radius 2 is 2.45 bits per heavy atom. The first-order valence-electron chi connectivity index (χ1n) is 3.90. The molecule has 0 N–H and O–H groups in total. The average molecular weight is 150 g/mol. The molecule has 0 saturated heterocycles. The fraction of sp³-hybridized carbons (Fsp3) is 0.400. The van der Waals surface area contributed by atoms with Crippen molar-refractivity contribution >= 4 is 0 Å². The zero-order valence-corrected chi connectivity index (χ0v) is 7.08. The third-order valence-electron chi connectivity index (χ3n) is 1.75. The van der Waals surface area contributed by atoms with E-state index in [0.29, 0.717) is 0 Å². The number of hydrogen-bond donors (Lipinski definition) is 0. The van der Waals surface area contributed by atoms with E-state index in [1.54, 1.807) is 7.11 Å². The largest absolute Gasteiger partial charge is 0.377 e. The smallest absolute Gasteiger partial charge is 0.0789 e. The fourth-order valence-electron chi connectivity index (χ4n) is 1.11. The molecule has 0 aliphatic heterocycles. The second kappa shape index (κ2) is 4.14. The van der Waals surface area contributed by atoms with Crippen molar-refractivity contribution in [3.8, 4) is 0 Å². The van der Waals surface area contributed by atoms with Crippen LogP contribution in [0.25, 0.3) is 0 Å². The van der Waals surface area contributed by atoms with Gasteiger partial charge in [-0.15, -0.1) is 0 Å². The minimum absolute atomic E-state index is 0.281. The maximum Gasteiger partial charge on any atom is 0.0789 e. The zero-order chi connectivity index (χ0) is 8.10. The topological polar surface area (TPSA) is 9.23 Å². The zero-order valence-electron chi connectivity index (χ0n) is 7.08. The Morgan fingerprint density at radius 1 is 1.64 bits per heavy atom. The van der Waals surface area contributed by atoms with Crippen LogP contribution in [0.1, 0.15) is 13.3 Å². The Balaban J connectivity index is 2.52. The van der Waals surface area contributed by atoms with Gasteiger partial charge in [0, 0.05) is 7.11 Å². The maximum atomic E-state index is 5.16. The van der Waals surface area contributed by atoms with Crippen molar-refractivity contribution in [3.05, 3.63) is 36.0 Å². The molecule has 0 aromatic carbocycles. The molecule has 1 unspecified atom stereocenters. The minimum atomic E-state index is 0.281. The molecule has 11 heavy (non-hydrogen) atoms. The molecule has 1 aliphatic rings.